The van der Waals surface area contributed by atoms with Crippen LogP contribution >= 0.6 is 0 Å². The highest BCUT2D eigenvalue weighted by Gasteiger charge is 2.28. The number of rotatable bonds is 3. The minimum atomic E-state index is -0.402. The van der Waals surface area contributed by atoms with Gasteiger partial charge in [-0.1, -0.05) is 18.2 Å². The summed E-state index contributed by atoms with van der Waals surface area (Å²) < 4.78 is 18.9. The van der Waals surface area contributed by atoms with Gasteiger partial charge < -0.3 is 15.4 Å². The summed E-state index contributed by atoms with van der Waals surface area (Å²) in [5.41, 5.74) is 5.91. The molecular formula is C12H15FN2O2. The molecule has 1 fully saturated rings. The summed E-state index contributed by atoms with van der Waals surface area (Å²) in [6.07, 6.45) is -0.402. The number of hydrogen-bond donors (Lipinski definition) is 1. The molecular weight excluding hydrogens is 223 g/mol. The first-order valence-electron chi connectivity index (χ1n) is 5.56. The quantitative estimate of drug-likeness (QED) is 0.842. The second-order valence-corrected chi connectivity index (χ2v) is 3.95. The van der Waals surface area contributed by atoms with Gasteiger partial charge in [0.1, 0.15) is 18.5 Å². The number of nitrogens with zero attached hydrogens (tertiary/aromatic N) is 1. The monoisotopic (exact) mass is 238 g/mol. The molecule has 0 aliphatic carbocycles. The Morgan fingerprint density at radius 3 is 2.94 bits per heavy atom. The Morgan fingerprint density at radius 1 is 1.47 bits per heavy atom. The predicted octanol–water partition coefficient (Wildman–Crippen LogP) is 0.684. The van der Waals surface area contributed by atoms with E-state index in [0.717, 1.165) is 0 Å². The third-order valence-electron chi connectivity index (χ3n) is 2.80. The molecule has 1 saturated heterocycles. The molecule has 0 radical (unpaired) electrons. The average molecular weight is 238 g/mol. The molecule has 1 atom stereocenters. The Hall–Kier alpha value is -1.46. The van der Waals surface area contributed by atoms with Gasteiger partial charge in [0, 0.05) is 18.7 Å². The van der Waals surface area contributed by atoms with Crippen molar-refractivity contribution in [1.29, 1.82) is 0 Å². The Balaban J connectivity index is 2.13. The van der Waals surface area contributed by atoms with Crippen molar-refractivity contribution in [3.8, 4) is 0 Å². The van der Waals surface area contributed by atoms with E-state index in [1.54, 1.807) is 23.1 Å². The van der Waals surface area contributed by atoms with Crippen molar-refractivity contribution in [2.75, 3.05) is 26.2 Å². The summed E-state index contributed by atoms with van der Waals surface area (Å²) in [7, 11) is 0. The number of nitrogens with two attached hydrogens (primary N) is 1. The van der Waals surface area contributed by atoms with Crippen molar-refractivity contribution in [1.82, 2.24) is 4.90 Å². The molecule has 1 aromatic carbocycles. The van der Waals surface area contributed by atoms with Crippen LogP contribution in [0, 0.1) is 5.82 Å². The van der Waals surface area contributed by atoms with E-state index in [-0.39, 0.29) is 18.3 Å². The van der Waals surface area contributed by atoms with Crippen LogP contribution in [0.15, 0.2) is 24.3 Å². The molecule has 1 aliphatic rings. The van der Waals surface area contributed by atoms with Gasteiger partial charge in [-0.25, -0.2) is 4.39 Å². The van der Waals surface area contributed by atoms with Crippen LogP contribution in [0.1, 0.15) is 11.7 Å². The molecule has 2 N–H and O–H groups in total. The normalized spacial score (nSPS) is 20.7. The Labute approximate surface area is 99.2 Å². The van der Waals surface area contributed by atoms with Crippen LogP contribution in [-0.4, -0.2) is 37.0 Å². The number of ether oxygens (including phenoxy) is 1. The molecule has 4 nitrogen and oxygen atoms in total. The van der Waals surface area contributed by atoms with Gasteiger partial charge in [0.15, 0.2) is 0 Å². The SMILES string of the molecule is NCCN1CC(c2ccccc2F)OCC1=O. The summed E-state index contributed by atoms with van der Waals surface area (Å²) in [4.78, 5) is 13.1. The lowest BCUT2D eigenvalue weighted by Crippen LogP contribution is -2.45. The smallest absolute Gasteiger partial charge is 0.248 e. The first kappa shape index (κ1) is 12.0. The van der Waals surface area contributed by atoms with Crippen molar-refractivity contribution < 1.29 is 13.9 Å². The highest BCUT2D eigenvalue weighted by Crippen LogP contribution is 2.24. The number of carbonyl (C=O) groups is 1. The predicted molar refractivity (Wildman–Crippen MR) is 60.7 cm³/mol. The summed E-state index contributed by atoms with van der Waals surface area (Å²) in [5, 5.41) is 0. The molecule has 1 aliphatic heterocycles. The average Bonchev–Trinajstić information content (AvgIpc) is 2.33. The lowest BCUT2D eigenvalue weighted by atomic mass is 10.1. The maximum atomic E-state index is 13.6. The van der Waals surface area contributed by atoms with Crippen LogP contribution < -0.4 is 5.73 Å². The van der Waals surface area contributed by atoms with Gasteiger partial charge >= 0.3 is 0 Å². The van der Waals surface area contributed by atoms with Gasteiger partial charge in [-0.2, -0.15) is 0 Å². The molecule has 1 aromatic rings. The summed E-state index contributed by atoms with van der Waals surface area (Å²) in [6.45, 7) is 1.22. The standard InChI is InChI=1S/C12H15FN2O2/c13-10-4-2-1-3-9(10)11-7-15(6-5-14)12(16)8-17-11/h1-4,11H,5-8,14H2. The van der Waals surface area contributed by atoms with Crippen LogP contribution in [-0.2, 0) is 9.53 Å². The minimum Gasteiger partial charge on any atom is -0.362 e. The molecule has 17 heavy (non-hydrogen) atoms. The Bertz CT molecular complexity index is 411. The van der Waals surface area contributed by atoms with Gasteiger partial charge in [0.25, 0.3) is 0 Å². The second-order valence-electron chi connectivity index (χ2n) is 3.95. The number of amides is 1. The highest BCUT2D eigenvalue weighted by atomic mass is 19.1. The minimum absolute atomic E-state index is 0.0149. The molecule has 92 valence electrons. The lowest BCUT2D eigenvalue weighted by molar-refractivity contribution is -0.149. The molecule has 0 spiro atoms. The Morgan fingerprint density at radius 2 is 2.24 bits per heavy atom. The molecule has 5 heteroatoms. The number of hydrogen-bond acceptors (Lipinski definition) is 3. The third kappa shape index (κ3) is 2.62. The van der Waals surface area contributed by atoms with Crippen LogP contribution in [0.4, 0.5) is 4.39 Å². The molecule has 0 aromatic heterocycles. The van der Waals surface area contributed by atoms with E-state index < -0.39 is 6.10 Å². The van der Waals surface area contributed by atoms with Gasteiger partial charge in [-0.15, -0.1) is 0 Å². The lowest BCUT2D eigenvalue weighted by Gasteiger charge is -2.32. The van der Waals surface area contributed by atoms with E-state index >= 15 is 0 Å². The van der Waals surface area contributed by atoms with Crippen LogP contribution in [0.25, 0.3) is 0 Å². The summed E-state index contributed by atoms with van der Waals surface area (Å²) >= 11 is 0. The summed E-state index contributed by atoms with van der Waals surface area (Å²) in [5.74, 6) is -0.400. The van der Waals surface area contributed by atoms with Gasteiger partial charge in [-0.05, 0) is 6.07 Å². The molecule has 0 bridgehead atoms. The number of halogens is 1. The van der Waals surface area contributed by atoms with E-state index in [0.29, 0.717) is 25.2 Å². The van der Waals surface area contributed by atoms with Crippen molar-refractivity contribution in [2.24, 2.45) is 5.73 Å². The zero-order valence-electron chi connectivity index (χ0n) is 9.43. The van der Waals surface area contributed by atoms with Crippen molar-refractivity contribution in [2.45, 2.75) is 6.10 Å². The fourth-order valence-electron chi connectivity index (χ4n) is 1.91. The Kier molecular flexibility index (Phi) is 3.71. The first-order valence-corrected chi connectivity index (χ1v) is 5.56. The van der Waals surface area contributed by atoms with E-state index in [9.17, 15) is 9.18 Å². The third-order valence-corrected chi connectivity index (χ3v) is 2.80. The zero-order chi connectivity index (χ0) is 12.3. The van der Waals surface area contributed by atoms with Crippen molar-refractivity contribution >= 4 is 5.91 Å². The molecule has 1 unspecified atom stereocenters. The number of carbonyl (C=O) groups excluding carboxylic acids is 1. The van der Waals surface area contributed by atoms with E-state index in [1.807, 2.05) is 0 Å². The van der Waals surface area contributed by atoms with E-state index in [4.69, 9.17) is 10.5 Å². The largest absolute Gasteiger partial charge is 0.362 e. The fraction of sp³-hybridized carbons (Fsp3) is 0.417. The molecule has 1 heterocycles. The molecule has 1 amide bonds. The topological polar surface area (TPSA) is 55.6 Å². The summed E-state index contributed by atoms with van der Waals surface area (Å²) in [6, 6.07) is 6.45. The second kappa shape index (κ2) is 5.25. The fourth-order valence-corrected chi connectivity index (χ4v) is 1.91. The highest BCUT2D eigenvalue weighted by molar-refractivity contribution is 5.78. The van der Waals surface area contributed by atoms with Crippen molar-refractivity contribution in [3.63, 3.8) is 0 Å². The van der Waals surface area contributed by atoms with Crippen LogP contribution in [0.5, 0.6) is 0 Å². The maximum Gasteiger partial charge on any atom is 0.248 e. The van der Waals surface area contributed by atoms with Gasteiger partial charge in [0.05, 0.1) is 6.54 Å². The van der Waals surface area contributed by atoms with Crippen LogP contribution in [0.2, 0.25) is 0 Å². The van der Waals surface area contributed by atoms with Gasteiger partial charge in [-0.3, -0.25) is 4.79 Å². The van der Waals surface area contributed by atoms with Gasteiger partial charge in [0.2, 0.25) is 5.91 Å². The van der Waals surface area contributed by atoms with E-state index in [2.05, 4.69) is 0 Å². The van der Waals surface area contributed by atoms with E-state index in [1.165, 1.54) is 6.07 Å². The van der Waals surface area contributed by atoms with Crippen LogP contribution in [0.3, 0.4) is 0 Å². The zero-order valence-corrected chi connectivity index (χ0v) is 9.43. The maximum absolute atomic E-state index is 13.6. The molecule has 0 saturated carbocycles. The number of benzene rings is 1. The first-order chi connectivity index (χ1) is 8.22. The molecule has 2 rings (SSSR count). The number of morpholine rings is 1. The van der Waals surface area contributed by atoms with Crippen molar-refractivity contribution in [3.05, 3.63) is 35.6 Å².